The predicted molar refractivity (Wildman–Crippen MR) is 72.5 cm³/mol. The van der Waals surface area contributed by atoms with Crippen LogP contribution in [0.25, 0.3) is 0 Å². The summed E-state index contributed by atoms with van der Waals surface area (Å²) in [6.45, 7) is 0. The van der Waals surface area contributed by atoms with E-state index in [9.17, 15) is 8.42 Å². The summed E-state index contributed by atoms with van der Waals surface area (Å²) in [4.78, 5) is 0.171. The maximum absolute atomic E-state index is 12.0. The molecule has 3 nitrogen and oxygen atoms in total. The quantitative estimate of drug-likeness (QED) is 0.941. The highest BCUT2D eigenvalue weighted by atomic mass is 35.5. The van der Waals surface area contributed by atoms with Gasteiger partial charge in [0.1, 0.15) is 0 Å². The van der Waals surface area contributed by atoms with Gasteiger partial charge in [-0.1, -0.05) is 41.4 Å². The molecule has 2 rings (SSSR count). The van der Waals surface area contributed by atoms with E-state index in [1.54, 1.807) is 18.2 Å². The molecule has 0 heterocycles. The molecule has 1 radical (unpaired) electrons. The normalized spacial score (nSPS) is 11.2. The lowest BCUT2D eigenvalue weighted by molar-refractivity contribution is 0.601. The monoisotopic (exact) mass is 300 g/mol. The van der Waals surface area contributed by atoms with Gasteiger partial charge in [-0.25, -0.2) is 8.42 Å². The Labute approximate surface area is 115 Å². The summed E-state index contributed by atoms with van der Waals surface area (Å²) in [6, 6.07) is 13.5. The summed E-state index contributed by atoms with van der Waals surface area (Å²) in [7, 11) is -3.63. The molecule has 0 aliphatic carbocycles. The number of anilines is 1. The SMILES string of the molecule is O=S(=O)(Nc1cc(Cl)[c]c(Cl)c1)c1ccccc1. The summed E-state index contributed by atoms with van der Waals surface area (Å²) in [5.41, 5.74) is 0.299. The van der Waals surface area contributed by atoms with E-state index >= 15 is 0 Å². The number of hydrogen-bond acceptors (Lipinski definition) is 2. The highest BCUT2D eigenvalue weighted by molar-refractivity contribution is 7.92. The van der Waals surface area contributed by atoms with Gasteiger partial charge >= 0.3 is 0 Å². The number of hydrogen-bond donors (Lipinski definition) is 1. The second kappa shape index (κ2) is 5.18. The fourth-order valence-corrected chi connectivity index (χ4v) is 2.92. The molecule has 93 valence electrons. The van der Waals surface area contributed by atoms with Crippen molar-refractivity contribution in [2.24, 2.45) is 0 Å². The minimum atomic E-state index is -3.63. The van der Waals surface area contributed by atoms with E-state index in [0.717, 1.165) is 0 Å². The van der Waals surface area contributed by atoms with Crippen molar-refractivity contribution in [1.82, 2.24) is 0 Å². The van der Waals surface area contributed by atoms with Crippen molar-refractivity contribution < 1.29 is 8.42 Å². The van der Waals surface area contributed by atoms with Crippen molar-refractivity contribution in [3.05, 3.63) is 58.6 Å². The molecule has 0 spiro atoms. The third-order valence-electron chi connectivity index (χ3n) is 2.11. The summed E-state index contributed by atoms with van der Waals surface area (Å²) in [5.74, 6) is 0. The largest absolute Gasteiger partial charge is 0.280 e. The number of sulfonamides is 1. The number of benzene rings is 2. The van der Waals surface area contributed by atoms with E-state index in [2.05, 4.69) is 10.8 Å². The first-order chi connectivity index (χ1) is 8.47. The highest BCUT2D eigenvalue weighted by Gasteiger charge is 2.13. The third kappa shape index (κ3) is 3.16. The Morgan fingerprint density at radius 3 is 2.11 bits per heavy atom. The van der Waals surface area contributed by atoms with Crippen LogP contribution >= 0.6 is 23.2 Å². The van der Waals surface area contributed by atoms with Crippen LogP contribution in [0, 0.1) is 6.07 Å². The van der Waals surface area contributed by atoms with E-state index < -0.39 is 10.0 Å². The number of halogens is 2. The van der Waals surface area contributed by atoms with Gasteiger partial charge in [0.05, 0.1) is 20.6 Å². The lowest BCUT2D eigenvalue weighted by Crippen LogP contribution is -2.12. The van der Waals surface area contributed by atoms with Crippen molar-refractivity contribution in [2.75, 3.05) is 4.72 Å². The molecular weight excluding hydrogens is 293 g/mol. The summed E-state index contributed by atoms with van der Waals surface area (Å²) in [5, 5.41) is 0.488. The molecule has 0 amide bonds. The molecule has 0 atom stereocenters. The number of rotatable bonds is 3. The van der Waals surface area contributed by atoms with Crippen LogP contribution in [0.3, 0.4) is 0 Å². The van der Waals surface area contributed by atoms with Gasteiger partial charge in [0.25, 0.3) is 10.0 Å². The van der Waals surface area contributed by atoms with Gasteiger partial charge in [0.2, 0.25) is 0 Å². The van der Waals surface area contributed by atoms with Crippen molar-refractivity contribution in [3.8, 4) is 0 Å². The van der Waals surface area contributed by atoms with Crippen LogP contribution in [0.15, 0.2) is 47.4 Å². The van der Waals surface area contributed by atoms with Crippen LogP contribution in [0.1, 0.15) is 0 Å². The number of nitrogens with one attached hydrogen (secondary N) is 1. The summed E-state index contributed by atoms with van der Waals surface area (Å²) in [6.07, 6.45) is 0. The van der Waals surface area contributed by atoms with Crippen LogP contribution in [-0.4, -0.2) is 8.42 Å². The fraction of sp³-hybridized carbons (Fsp3) is 0. The minimum Gasteiger partial charge on any atom is -0.280 e. The Bertz CT molecular complexity index is 637. The van der Waals surface area contributed by atoms with Crippen molar-refractivity contribution in [1.29, 1.82) is 0 Å². The van der Waals surface area contributed by atoms with E-state index in [4.69, 9.17) is 23.2 Å². The average molecular weight is 301 g/mol. The van der Waals surface area contributed by atoms with E-state index in [1.807, 2.05) is 0 Å². The molecule has 18 heavy (non-hydrogen) atoms. The molecule has 0 unspecified atom stereocenters. The Kier molecular flexibility index (Phi) is 3.80. The van der Waals surface area contributed by atoms with Crippen molar-refractivity contribution in [2.45, 2.75) is 4.90 Å². The molecule has 6 heteroatoms. The maximum atomic E-state index is 12.0. The van der Waals surface area contributed by atoms with Crippen LogP contribution in [0.4, 0.5) is 5.69 Å². The van der Waals surface area contributed by atoms with E-state index in [1.165, 1.54) is 24.3 Å². The molecule has 1 N–H and O–H groups in total. The first kappa shape index (κ1) is 13.2. The smallest absolute Gasteiger partial charge is 0.261 e. The van der Waals surface area contributed by atoms with Gasteiger partial charge in [-0.05, 0) is 24.3 Å². The van der Waals surface area contributed by atoms with Crippen LogP contribution in [0.2, 0.25) is 10.0 Å². The van der Waals surface area contributed by atoms with Gasteiger partial charge in [0.15, 0.2) is 0 Å². The molecule has 2 aromatic rings. The first-order valence-corrected chi connectivity index (χ1v) is 7.17. The zero-order valence-corrected chi connectivity index (χ0v) is 11.4. The standard InChI is InChI=1S/C12H8Cl2NO2S/c13-9-6-10(14)8-11(7-9)15-18(16,17)12-4-2-1-3-5-12/h1-5,7-8,15H. The van der Waals surface area contributed by atoms with Gasteiger partial charge in [0, 0.05) is 6.07 Å². The topological polar surface area (TPSA) is 46.2 Å². The highest BCUT2D eigenvalue weighted by Crippen LogP contribution is 2.23. The lowest BCUT2D eigenvalue weighted by Gasteiger charge is -2.08. The molecule has 0 bridgehead atoms. The van der Waals surface area contributed by atoms with Crippen molar-refractivity contribution >= 4 is 38.9 Å². The Morgan fingerprint density at radius 2 is 1.56 bits per heavy atom. The molecule has 0 aliphatic rings. The molecule has 0 saturated carbocycles. The average Bonchev–Trinajstić information content (AvgIpc) is 2.28. The zero-order chi connectivity index (χ0) is 13.2. The Balaban J connectivity index is 2.34. The van der Waals surface area contributed by atoms with Crippen LogP contribution < -0.4 is 4.72 Å². The zero-order valence-electron chi connectivity index (χ0n) is 9.02. The molecular formula is C12H8Cl2NO2S. The summed E-state index contributed by atoms with van der Waals surface area (Å²) < 4.78 is 26.4. The fourth-order valence-electron chi connectivity index (χ4n) is 1.37. The van der Waals surface area contributed by atoms with Gasteiger partial charge < -0.3 is 0 Å². The molecule has 0 saturated heterocycles. The van der Waals surface area contributed by atoms with Crippen LogP contribution in [-0.2, 0) is 10.0 Å². The van der Waals surface area contributed by atoms with E-state index in [0.29, 0.717) is 5.69 Å². The van der Waals surface area contributed by atoms with E-state index in [-0.39, 0.29) is 14.9 Å². The van der Waals surface area contributed by atoms with Crippen molar-refractivity contribution in [3.63, 3.8) is 0 Å². The van der Waals surface area contributed by atoms with Crippen LogP contribution in [0.5, 0.6) is 0 Å². The van der Waals surface area contributed by atoms with Gasteiger partial charge in [-0.2, -0.15) is 0 Å². The lowest BCUT2D eigenvalue weighted by atomic mass is 10.3. The Hall–Kier alpha value is -1.23. The molecule has 0 aromatic heterocycles. The van der Waals surface area contributed by atoms with Gasteiger partial charge in [-0.3, -0.25) is 4.72 Å². The molecule has 0 aliphatic heterocycles. The second-order valence-corrected chi connectivity index (χ2v) is 5.98. The summed E-state index contributed by atoms with van der Waals surface area (Å²) >= 11 is 11.5. The maximum Gasteiger partial charge on any atom is 0.261 e. The Morgan fingerprint density at radius 1 is 1.00 bits per heavy atom. The molecule has 2 aromatic carbocycles. The predicted octanol–water partition coefficient (Wildman–Crippen LogP) is 3.59. The minimum absolute atomic E-state index is 0.171. The third-order valence-corrected chi connectivity index (χ3v) is 3.91. The second-order valence-electron chi connectivity index (χ2n) is 3.48. The van der Waals surface area contributed by atoms with Gasteiger partial charge in [-0.15, -0.1) is 0 Å². The molecule has 0 fully saturated rings. The first-order valence-electron chi connectivity index (χ1n) is 4.93.